The summed E-state index contributed by atoms with van der Waals surface area (Å²) < 4.78 is 0. The lowest BCUT2D eigenvalue weighted by Gasteiger charge is -2.16. The van der Waals surface area contributed by atoms with Gasteiger partial charge in [0.1, 0.15) is 0 Å². The molecule has 1 N–H and O–H groups in total. The summed E-state index contributed by atoms with van der Waals surface area (Å²) in [5.41, 5.74) is 2.19. The second kappa shape index (κ2) is 5.74. The van der Waals surface area contributed by atoms with Crippen molar-refractivity contribution in [1.82, 2.24) is 4.98 Å². The third-order valence-corrected chi connectivity index (χ3v) is 2.50. The van der Waals surface area contributed by atoms with E-state index in [0.29, 0.717) is 6.04 Å². The highest BCUT2D eigenvalue weighted by atomic mass is 14.9. The molecule has 0 bridgehead atoms. The molecule has 1 heterocycles. The Labute approximate surface area is 93.1 Å². The van der Waals surface area contributed by atoms with Crippen LogP contribution in [0.4, 0.5) is 5.69 Å². The van der Waals surface area contributed by atoms with Crippen LogP contribution in [0.5, 0.6) is 0 Å². The van der Waals surface area contributed by atoms with Gasteiger partial charge in [0, 0.05) is 11.7 Å². The summed E-state index contributed by atoms with van der Waals surface area (Å²) in [6, 6.07) is 4.66. The van der Waals surface area contributed by atoms with Crippen molar-refractivity contribution in [2.75, 3.05) is 5.32 Å². The van der Waals surface area contributed by atoms with Crippen LogP contribution in [0.15, 0.2) is 18.3 Å². The summed E-state index contributed by atoms with van der Waals surface area (Å²) in [6.07, 6.45) is 4.39. The smallest absolute Gasteiger partial charge is 0.0528 e. The number of pyridine rings is 1. The normalized spacial score (nSPS) is 12.9. The van der Waals surface area contributed by atoms with E-state index in [1.807, 2.05) is 19.2 Å². The Morgan fingerprint density at radius 2 is 1.93 bits per heavy atom. The largest absolute Gasteiger partial charge is 0.381 e. The van der Waals surface area contributed by atoms with Crippen LogP contribution in [0.1, 0.15) is 39.3 Å². The first-order chi connectivity index (χ1) is 7.08. The summed E-state index contributed by atoms with van der Waals surface area (Å²) >= 11 is 0. The number of anilines is 1. The maximum atomic E-state index is 4.26. The lowest BCUT2D eigenvalue weighted by atomic mass is 10.0. The summed E-state index contributed by atoms with van der Waals surface area (Å²) in [7, 11) is 0. The van der Waals surface area contributed by atoms with Crippen molar-refractivity contribution in [2.24, 2.45) is 5.92 Å². The van der Waals surface area contributed by atoms with Gasteiger partial charge in [0.2, 0.25) is 0 Å². The summed E-state index contributed by atoms with van der Waals surface area (Å²) in [6.45, 7) is 8.76. The van der Waals surface area contributed by atoms with Gasteiger partial charge in [-0.05, 0) is 44.7 Å². The Morgan fingerprint density at radius 1 is 1.20 bits per heavy atom. The average molecular weight is 206 g/mol. The Kier molecular flexibility index (Phi) is 4.60. The first-order valence-electron chi connectivity index (χ1n) is 5.77. The lowest BCUT2D eigenvalue weighted by molar-refractivity contribution is 0.527. The van der Waals surface area contributed by atoms with E-state index in [1.54, 1.807) is 0 Å². The van der Waals surface area contributed by atoms with Crippen molar-refractivity contribution in [1.29, 1.82) is 0 Å². The standard InChI is InChI=1S/C13H22N2/c1-10(2)5-6-12(4)15-13-8-7-11(3)14-9-13/h7-10,12,15H,5-6H2,1-4H3/t12-/m1/s1. The van der Waals surface area contributed by atoms with Gasteiger partial charge in [-0.25, -0.2) is 0 Å². The van der Waals surface area contributed by atoms with E-state index in [9.17, 15) is 0 Å². The predicted octanol–water partition coefficient (Wildman–Crippen LogP) is 3.63. The fourth-order valence-electron chi connectivity index (χ4n) is 1.49. The van der Waals surface area contributed by atoms with Crippen molar-refractivity contribution >= 4 is 5.69 Å². The molecule has 0 amide bonds. The molecule has 0 radical (unpaired) electrons. The molecule has 0 saturated carbocycles. The Hall–Kier alpha value is -1.05. The van der Waals surface area contributed by atoms with Gasteiger partial charge in [-0.3, -0.25) is 4.98 Å². The Morgan fingerprint density at radius 3 is 2.47 bits per heavy atom. The first-order valence-corrected chi connectivity index (χ1v) is 5.77. The van der Waals surface area contributed by atoms with E-state index in [4.69, 9.17) is 0 Å². The minimum Gasteiger partial charge on any atom is -0.381 e. The number of hydrogen-bond acceptors (Lipinski definition) is 2. The van der Waals surface area contributed by atoms with E-state index in [1.165, 1.54) is 12.8 Å². The number of nitrogens with one attached hydrogen (secondary N) is 1. The fourth-order valence-corrected chi connectivity index (χ4v) is 1.49. The van der Waals surface area contributed by atoms with Crippen molar-refractivity contribution < 1.29 is 0 Å². The highest BCUT2D eigenvalue weighted by molar-refractivity contribution is 5.41. The van der Waals surface area contributed by atoms with Crippen LogP contribution in [-0.2, 0) is 0 Å². The number of rotatable bonds is 5. The number of aromatic nitrogens is 1. The van der Waals surface area contributed by atoms with Crippen LogP contribution in [-0.4, -0.2) is 11.0 Å². The van der Waals surface area contributed by atoms with E-state index in [2.05, 4.69) is 37.1 Å². The van der Waals surface area contributed by atoms with Gasteiger partial charge < -0.3 is 5.32 Å². The SMILES string of the molecule is Cc1ccc(N[C@H](C)CCC(C)C)cn1. The number of nitrogens with zero attached hydrogens (tertiary/aromatic N) is 1. The topological polar surface area (TPSA) is 24.9 Å². The minimum absolute atomic E-state index is 0.525. The quantitative estimate of drug-likeness (QED) is 0.795. The molecule has 2 nitrogen and oxygen atoms in total. The first kappa shape index (κ1) is 12.0. The molecule has 1 rings (SSSR count). The molecular weight excluding hydrogens is 184 g/mol. The Bertz CT molecular complexity index is 277. The van der Waals surface area contributed by atoms with Gasteiger partial charge in [-0.2, -0.15) is 0 Å². The molecule has 2 heteroatoms. The van der Waals surface area contributed by atoms with E-state index < -0.39 is 0 Å². The van der Waals surface area contributed by atoms with Crippen LogP contribution < -0.4 is 5.32 Å². The van der Waals surface area contributed by atoms with Crippen molar-refractivity contribution in [2.45, 2.75) is 46.6 Å². The molecule has 0 aliphatic carbocycles. The monoisotopic (exact) mass is 206 g/mol. The molecule has 0 aliphatic rings. The molecule has 0 spiro atoms. The van der Waals surface area contributed by atoms with Gasteiger partial charge in [0.15, 0.2) is 0 Å². The molecule has 84 valence electrons. The molecule has 1 aromatic heterocycles. The molecule has 1 aromatic rings. The van der Waals surface area contributed by atoms with Crippen LogP contribution in [0.3, 0.4) is 0 Å². The molecule has 1 atom stereocenters. The molecule has 0 aromatic carbocycles. The lowest BCUT2D eigenvalue weighted by Crippen LogP contribution is -2.15. The zero-order chi connectivity index (χ0) is 11.3. The Balaban J connectivity index is 2.37. The maximum Gasteiger partial charge on any atom is 0.0528 e. The molecule has 0 aliphatic heterocycles. The van der Waals surface area contributed by atoms with Crippen molar-refractivity contribution in [3.8, 4) is 0 Å². The molecular formula is C13H22N2. The molecule has 0 fully saturated rings. The summed E-state index contributed by atoms with van der Waals surface area (Å²) in [5.74, 6) is 0.783. The highest BCUT2D eigenvalue weighted by Crippen LogP contribution is 2.12. The summed E-state index contributed by atoms with van der Waals surface area (Å²) in [4.78, 5) is 4.26. The van der Waals surface area contributed by atoms with E-state index in [-0.39, 0.29) is 0 Å². The maximum absolute atomic E-state index is 4.26. The van der Waals surface area contributed by atoms with Gasteiger partial charge in [-0.15, -0.1) is 0 Å². The second-order valence-electron chi connectivity index (χ2n) is 4.70. The molecule has 15 heavy (non-hydrogen) atoms. The van der Waals surface area contributed by atoms with Crippen molar-refractivity contribution in [3.63, 3.8) is 0 Å². The third kappa shape index (κ3) is 4.82. The average Bonchev–Trinajstić information content (AvgIpc) is 2.19. The van der Waals surface area contributed by atoms with Crippen LogP contribution in [0, 0.1) is 12.8 Å². The van der Waals surface area contributed by atoms with Crippen LogP contribution in [0.25, 0.3) is 0 Å². The van der Waals surface area contributed by atoms with Crippen LogP contribution >= 0.6 is 0 Å². The third-order valence-electron chi connectivity index (χ3n) is 2.50. The van der Waals surface area contributed by atoms with E-state index in [0.717, 1.165) is 17.3 Å². The number of aryl methyl sites for hydroxylation is 1. The van der Waals surface area contributed by atoms with Crippen LogP contribution in [0.2, 0.25) is 0 Å². The zero-order valence-corrected chi connectivity index (χ0v) is 10.2. The van der Waals surface area contributed by atoms with Crippen molar-refractivity contribution in [3.05, 3.63) is 24.0 Å². The zero-order valence-electron chi connectivity index (χ0n) is 10.2. The fraction of sp³-hybridized carbons (Fsp3) is 0.615. The summed E-state index contributed by atoms with van der Waals surface area (Å²) in [5, 5.41) is 3.46. The minimum atomic E-state index is 0.525. The molecule has 0 unspecified atom stereocenters. The second-order valence-corrected chi connectivity index (χ2v) is 4.70. The van der Waals surface area contributed by atoms with Gasteiger partial charge >= 0.3 is 0 Å². The van der Waals surface area contributed by atoms with Gasteiger partial charge in [0.25, 0.3) is 0 Å². The highest BCUT2D eigenvalue weighted by Gasteiger charge is 2.03. The number of hydrogen-bond donors (Lipinski definition) is 1. The van der Waals surface area contributed by atoms with E-state index >= 15 is 0 Å². The van der Waals surface area contributed by atoms with Gasteiger partial charge in [0.05, 0.1) is 11.9 Å². The molecule has 0 saturated heterocycles. The van der Waals surface area contributed by atoms with Gasteiger partial charge in [-0.1, -0.05) is 13.8 Å². The predicted molar refractivity (Wildman–Crippen MR) is 66.1 cm³/mol.